The molecule has 1 rings (SSSR count). The van der Waals surface area contributed by atoms with Gasteiger partial charge in [0.05, 0.1) is 19.6 Å². The summed E-state index contributed by atoms with van der Waals surface area (Å²) in [5.41, 5.74) is 6.25. The Morgan fingerprint density at radius 2 is 2.32 bits per heavy atom. The molecule has 5 nitrogen and oxygen atoms in total. The Balaban J connectivity index is 2.38. The summed E-state index contributed by atoms with van der Waals surface area (Å²) >= 11 is 0. The van der Waals surface area contributed by atoms with Crippen LogP contribution in [0.25, 0.3) is 0 Å². The molecule has 0 heterocycles. The largest absolute Gasteiger partial charge is 0.493 e. The number of anilines is 1. The second-order valence-corrected chi connectivity index (χ2v) is 4.02. The molecular weight excluding hydrogens is 244 g/mol. The number of amides is 1. The van der Waals surface area contributed by atoms with Gasteiger partial charge in [0.25, 0.3) is 0 Å². The summed E-state index contributed by atoms with van der Waals surface area (Å²) in [6, 6.07) is 7.06. The number of carbonyl (C=O) groups is 1. The number of aliphatic hydroxyl groups excluding tert-OH is 1. The van der Waals surface area contributed by atoms with Crippen molar-refractivity contribution in [1.82, 2.24) is 4.90 Å². The first-order valence-corrected chi connectivity index (χ1v) is 6.15. The number of carbonyl (C=O) groups excluding carboxylic acids is 1. The molecule has 0 atom stereocenters. The molecule has 0 saturated heterocycles. The number of hydrogen-bond acceptors (Lipinski definition) is 4. The predicted octanol–water partition coefficient (Wildman–Crippen LogP) is 1.04. The number of hydrogen-bond donors (Lipinski definition) is 2. The van der Waals surface area contributed by atoms with E-state index in [0.717, 1.165) is 0 Å². The molecule has 0 saturated carbocycles. The summed E-state index contributed by atoms with van der Waals surface area (Å²) < 4.78 is 5.45. The SMILES string of the molecule is C=CCN(CCO)C(=O)CCOc1cccc(N)c1. The number of aliphatic hydroxyl groups is 1. The van der Waals surface area contributed by atoms with Gasteiger partial charge < -0.3 is 20.5 Å². The van der Waals surface area contributed by atoms with E-state index in [1.807, 2.05) is 0 Å². The monoisotopic (exact) mass is 264 g/mol. The number of benzene rings is 1. The Bertz CT molecular complexity index is 421. The Kier molecular flexibility index (Phi) is 6.46. The van der Waals surface area contributed by atoms with E-state index in [2.05, 4.69) is 6.58 Å². The molecule has 5 heteroatoms. The standard InChI is InChI=1S/C14H20N2O3/c1-2-7-16(8-9-17)14(18)6-10-19-13-5-3-4-12(15)11-13/h2-5,11,17H,1,6-10,15H2. The third-order valence-electron chi connectivity index (χ3n) is 2.51. The smallest absolute Gasteiger partial charge is 0.226 e. The maximum Gasteiger partial charge on any atom is 0.226 e. The van der Waals surface area contributed by atoms with Crippen LogP contribution in [0.5, 0.6) is 5.75 Å². The number of nitrogens with two attached hydrogens (primary N) is 1. The van der Waals surface area contributed by atoms with Crippen LogP contribution in [0, 0.1) is 0 Å². The number of ether oxygens (including phenoxy) is 1. The minimum atomic E-state index is -0.0714. The molecule has 19 heavy (non-hydrogen) atoms. The fourth-order valence-electron chi connectivity index (χ4n) is 1.61. The molecule has 1 amide bonds. The average molecular weight is 264 g/mol. The lowest BCUT2D eigenvalue weighted by Crippen LogP contribution is -2.34. The molecule has 3 N–H and O–H groups in total. The third kappa shape index (κ3) is 5.44. The molecule has 0 aliphatic rings. The van der Waals surface area contributed by atoms with Crippen LogP contribution >= 0.6 is 0 Å². The van der Waals surface area contributed by atoms with Crippen LogP contribution in [-0.2, 0) is 4.79 Å². The Hall–Kier alpha value is -2.01. The van der Waals surface area contributed by atoms with E-state index in [1.54, 1.807) is 30.3 Å². The van der Waals surface area contributed by atoms with E-state index in [9.17, 15) is 4.79 Å². The van der Waals surface area contributed by atoms with Crippen molar-refractivity contribution in [2.45, 2.75) is 6.42 Å². The van der Waals surface area contributed by atoms with Gasteiger partial charge in [-0.05, 0) is 12.1 Å². The fraction of sp³-hybridized carbons (Fsp3) is 0.357. The minimum absolute atomic E-state index is 0.0599. The maximum absolute atomic E-state index is 11.8. The lowest BCUT2D eigenvalue weighted by molar-refractivity contribution is -0.131. The highest BCUT2D eigenvalue weighted by Gasteiger charge is 2.11. The van der Waals surface area contributed by atoms with Gasteiger partial charge in [0.15, 0.2) is 0 Å². The predicted molar refractivity (Wildman–Crippen MR) is 74.8 cm³/mol. The first kappa shape index (κ1) is 15.0. The topological polar surface area (TPSA) is 75.8 Å². The summed E-state index contributed by atoms with van der Waals surface area (Å²) in [6.07, 6.45) is 1.88. The molecule has 0 fully saturated rings. The van der Waals surface area contributed by atoms with Gasteiger partial charge >= 0.3 is 0 Å². The molecule has 104 valence electrons. The molecular formula is C14H20N2O3. The molecule has 0 aliphatic heterocycles. The number of rotatable bonds is 8. The van der Waals surface area contributed by atoms with Crippen molar-refractivity contribution in [1.29, 1.82) is 0 Å². The van der Waals surface area contributed by atoms with E-state index < -0.39 is 0 Å². The third-order valence-corrected chi connectivity index (χ3v) is 2.51. The zero-order valence-corrected chi connectivity index (χ0v) is 10.9. The highest BCUT2D eigenvalue weighted by molar-refractivity contribution is 5.76. The Morgan fingerprint density at radius 1 is 1.53 bits per heavy atom. The number of nitrogen functional groups attached to an aromatic ring is 1. The molecule has 0 spiro atoms. The normalized spacial score (nSPS) is 9.95. The highest BCUT2D eigenvalue weighted by atomic mass is 16.5. The molecule has 0 bridgehead atoms. The van der Waals surface area contributed by atoms with E-state index in [0.29, 0.717) is 24.5 Å². The summed E-state index contributed by atoms with van der Waals surface area (Å²) in [7, 11) is 0. The van der Waals surface area contributed by atoms with Crippen LogP contribution in [0.4, 0.5) is 5.69 Å². The molecule has 0 aliphatic carbocycles. The van der Waals surface area contributed by atoms with E-state index in [-0.39, 0.29) is 25.5 Å². The van der Waals surface area contributed by atoms with Crippen molar-refractivity contribution >= 4 is 11.6 Å². The van der Waals surface area contributed by atoms with Gasteiger partial charge in [0, 0.05) is 24.8 Å². The number of nitrogens with zero attached hydrogens (tertiary/aromatic N) is 1. The molecule has 0 aromatic heterocycles. The van der Waals surface area contributed by atoms with Crippen LogP contribution in [0.3, 0.4) is 0 Å². The summed E-state index contributed by atoms with van der Waals surface area (Å²) in [5, 5.41) is 8.87. The van der Waals surface area contributed by atoms with Crippen LogP contribution in [-0.4, -0.2) is 42.2 Å². The molecule has 0 radical (unpaired) electrons. The van der Waals surface area contributed by atoms with Crippen LogP contribution in [0.1, 0.15) is 6.42 Å². The van der Waals surface area contributed by atoms with Gasteiger partial charge in [0.1, 0.15) is 5.75 Å². The van der Waals surface area contributed by atoms with Gasteiger partial charge in [0.2, 0.25) is 5.91 Å². The Morgan fingerprint density at radius 3 is 2.95 bits per heavy atom. The lowest BCUT2D eigenvalue weighted by atomic mass is 10.3. The second-order valence-electron chi connectivity index (χ2n) is 4.02. The van der Waals surface area contributed by atoms with Crippen molar-refractivity contribution in [3.63, 3.8) is 0 Å². The van der Waals surface area contributed by atoms with Gasteiger partial charge in [-0.3, -0.25) is 4.79 Å². The first-order valence-electron chi connectivity index (χ1n) is 6.15. The first-order chi connectivity index (χ1) is 9.17. The summed E-state index contributed by atoms with van der Waals surface area (Å²) in [4.78, 5) is 13.4. The maximum atomic E-state index is 11.8. The van der Waals surface area contributed by atoms with Crippen molar-refractivity contribution in [3.8, 4) is 5.75 Å². The molecule has 0 unspecified atom stereocenters. The van der Waals surface area contributed by atoms with Crippen LogP contribution in [0.15, 0.2) is 36.9 Å². The van der Waals surface area contributed by atoms with Gasteiger partial charge in [-0.2, -0.15) is 0 Å². The lowest BCUT2D eigenvalue weighted by Gasteiger charge is -2.19. The average Bonchev–Trinajstić information content (AvgIpc) is 2.38. The van der Waals surface area contributed by atoms with Gasteiger partial charge in [-0.15, -0.1) is 6.58 Å². The quantitative estimate of drug-likeness (QED) is 0.543. The van der Waals surface area contributed by atoms with Crippen LogP contribution in [0.2, 0.25) is 0 Å². The van der Waals surface area contributed by atoms with Crippen molar-refractivity contribution < 1.29 is 14.6 Å². The summed E-state index contributed by atoms with van der Waals surface area (Å²) in [5.74, 6) is 0.572. The van der Waals surface area contributed by atoms with E-state index in [4.69, 9.17) is 15.6 Å². The highest BCUT2D eigenvalue weighted by Crippen LogP contribution is 2.14. The van der Waals surface area contributed by atoms with Crippen molar-refractivity contribution in [2.24, 2.45) is 0 Å². The zero-order valence-electron chi connectivity index (χ0n) is 10.9. The van der Waals surface area contributed by atoms with E-state index in [1.165, 1.54) is 4.90 Å². The summed E-state index contributed by atoms with van der Waals surface area (Å²) in [6.45, 7) is 4.54. The second kappa shape index (κ2) is 8.16. The molecule has 1 aromatic carbocycles. The Labute approximate surface area is 113 Å². The minimum Gasteiger partial charge on any atom is -0.493 e. The van der Waals surface area contributed by atoms with E-state index >= 15 is 0 Å². The van der Waals surface area contributed by atoms with Crippen molar-refractivity contribution in [2.75, 3.05) is 32.0 Å². The van der Waals surface area contributed by atoms with Gasteiger partial charge in [-0.25, -0.2) is 0 Å². The fourth-order valence-corrected chi connectivity index (χ4v) is 1.61. The zero-order chi connectivity index (χ0) is 14.1. The molecule has 1 aromatic rings. The van der Waals surface area contributed by atoms with Crippen LogP contribution < -0.4 is 10.5 Å². The van der Waals surface area contributed by atoms with Gasteiger partial charge in [-0.1, -0.05) is 12.1 Å². The van der Waals surface area contributed by atoms with Crippen molar-refractivity contribution in [3.05, 3.63) is 36.9 Å².